The highest BCUT2D eigenvalue weighted by molar-refractivity contribution is 7.47. The summed E-state index contributed by atoms with van der Waals surface area (Å²) in [5, 5.41) is 0. The summed E-state index contributed by atoms with van der Waals surface area (Å²) in [5.41, 5.74) is 5.22. The molecule has 144 valence electrons. The van der Waals surface area contributed by atoms with Gasteiger partial charge in [-0.3, -0.25) is 13.8 Å². The Bertz CT molecular complexity index is 425. The first kappa shape index (κ1) is 23.5. The van der Waals surface area contributed by atoms with Crippen molar-refractivity contribution in [3.05, 3.63) is 0 Å². The number of hydrogen-bond acceptors (Lipinski definition) is 6. The van der Waals surface area contributed by atoms with Gasteiger partial charge < -0.3 is 15.4 Å². The monoisotopic (exact) mass is 367 g/mol. The number of nitrogens with two attached hydrogens (primary N) is 1. The third-order valence-corrected chi connectivity index (χ3v) is 4.73. The van der Waals surface area contributed by atoms with Crippen LogP contribution in [0.15, 0.2) is 0 Å². The Morgan fingerprint density at radius 3 is 2.21 bits per heavy atom. The van der Waals surface area contributed by atoms with Gasteiger partial charge in [0.1, 0.15) is 0 Å². The molecule has 0 radical (unpaired) electrons. The maximum absolute atomic E-state index is 11.9. The number of esters is 1. The molecule has 0 rings (SSSR count). The predicted molar refractivity (Wildman–Crippen MR) is 93.4 cm³/mol. The fourth-order valence-electron chi connectivity index (χ4n) is 2.55. The summed E-state index contributed by atoms with van der Waals surface area (Å²) in [4.78, 5) is 21.2. The summed E-state index contributed by atoms with van der Waals surface area (Å²) < 4.78 is 25.9. The minimum Gasteiger partial charge on any atom is -0.466 e. The van der Waals surface area contributed by atoms with Crippen molar-refractivity contribution in [2.45, 2.75) is 60.3 Å². The van der Waals surface area contributed by atoms with Crippen molar-refractivity contribution >= 4 is 13.8 Å². The van der Waals surface area contributed by atoms with Crippen molar-refractivity contribution in [3.63, 3.8) is 0 Å². The first-order chi connectivity index (χ1) is 10.9. The summed E-state index contributed by atoms with van der Waals surface area (Å²) in [7, 11) is -4.05. The maximum atomic E-state index is 11.9. The lowest BCUT2D eigenvalue weighted by Gasteiger charge is -2.33. The van der Waals surface area contributed by atoms with Crippen molar-refractivity contribution in [1.29, 1.82) is 0 Å². The molecule has 1 atom stereocenters. The van der Waals surface area contributed by atoms with Gasteiger partial charge in [-0.2, -0.15) is 0 Å². The largest absolute Gasteiger partial charge is 0.472 e. The minimum absolute atomic E-state index is 0.0299. The van der Waals surface area contributed by atoms with Gasteiger partial charge in [-0.25, -0.2) is 4.57 Å². The van der Waals surface area contributed by atoms with Gasteiger partial charge in [-0.15, -0.1) is 0 Å². The first-order valence-electron chi connectivity index (χ1n) is 8.41. The van der Waals surface area contributed by atoms with E-state index in [2.05, 4.69) is 39.1 Å². The van der Waals surface area contributed by atoms with Crippen molar-refractivity contribution in [2.24, 2.45) is 16.6 Å². The zero-order chi connectivity index (χ0) is 18.9. The molecule has 0 amide bonds. The van der Waals surface area contributed by atoms with E-state index >= 15 is 0 Å². The molecule has 0 aromatic rings. The molecule has 0 aromatic heterocycles. The Kier molecular flexibility index (Phi) is 10.3. The Balaban J connectivity index is 4.00. The van der Waals surface area contributed by atoms with Crippen LogP contribution in [0.1, 0.15) is 60.3 Å². The van der Waals surface area contributed by atoms with Gasteiger partial charge in [0.15, 0.2) is 0 Å². The van der Waals surface area contributed by atoms with E-state index in [1.54, 1.807) is 0 Å². The Labute approximate surface area is 145 Å². The van der Waals surface area contributed by atoms with Gasteiger partial charge in [0.25, 0.3) is 0 Å². The van der Waals surface area contributed by atoms with E-state index in [-0.39, 0.29) is 43.2 Å². The normalized spacial score (nSPS) is 15.1. The molecule has 3 N–H and O–H groups in total. The molecule has 1 unspecified atom stereocenters. The Hall–Kier alpha value is -0.460. The molecule has 0 aromatic carbocycles. The molecule has 8 heteroatoms. The first-order valence-corrected chi connectivity index (χ1v) is 9.90. The Morgan fingerprint density at radius 1 is 1.08 bits per heavy atom. The van der Waals surface area contributed by atoms with E-state index in [1.807, 2.05) is 0 Å². The second-order valence-corrected chi connectivity index (χ2v) is 8.99. The maximum Gasteiger partial charge on any atom is 0.472 e. The van der Waals surface area contributed by atoms with Gasteiger partial charge in [0.05, 0.1) is 26.2 Å². The van der Waals surface area contributed by atoms with Gasteiger partial charge in [0, 0.05) is 13.0 Å². The molecule has 7 nitrogen and oxygen atoms in total. The van der Waals surface area contributed by atoms with E-state index in [4.69, 9.17) is 15.0 Å². The van der Waals surface area contributed by atoms with Crippen LogP contribution in [0.2, 0.25) is 0 Å². The van der Waals surface area contributed by atoms with Crippen LogP contribution in [0.3, 0.4) is 0 Å². The van der Waals surface area contributed by atoms with Gasteiger partial charge in [0.2, 0.25) is 0 Å². The highest BCUT2D eigenvalue weighted by Crippen LogP contribution is 2.42. The zero-order valence-electron chi connectivity index (χ0n) is 15.7. The Morgan fingerprint density at radius 2 is 1.67 bits per heavy atom. The number of rotatable bonds is 13. The summed E-state index contributed by atoms with van der Waals surface area (Å²) in [6, 6.07) is 0. The topological polar surface area (TPSA) is 108 Å². The van der Waals surface area contributed by atoms with E-state index in [9.17, 15) is 14.3 Å². The summed E-state index contributed by atoms with van der Waals surface area (Å²) >= 11 is 0. The molecule has 0 saturated heterocycles. The molecular formula is C16H34NO6P. The van der Waals surface area contributed by atoms with Crippen LogP contribution in [0.25, 0.3) is 0 Å². The van der Waals surface area contributed by atoms with Crippen LogP contribution in [-0.4, -0.2) is 37.2 Å². The summed E-state index contributed by atoms with van der Waals surface area (Å²) in [6.45, 7) is 10.8. The van der Waals surface area contributed by atoms with Crippen molar-refractivity contribution < 1.29 is 28.0 Å². The van der Waals surface area contributed by atoms with Crippen LogP contribution in [0.4, 0.5) is 0 Å². The number of hydrogen-bond donors (Lipinski definition) is 2. The van der Waals surface area contributed by atoms with Gasteiger partial charge in [-0.05, 0) is 17.3 Å². The molecular weight excluding hydrogens is 333 g/mol. The van der Waals surface area contributed by atoms with E-state index in [0.29, 0.717) is 12.8 Å². The molecule has 0 spiro atoms. The van der Waals surface area contributed by atoms with Gasteiger partial charge >= 0.3 is 13.8 Å². The predicted octanol–water partition coefficient (Wildman–Crippen LogP) is 3.25. The molecule has 24 heavy (non-hydrogen) atoms. The average Bonchev–Trinajstić information content (AvgIpc) is 2.43. The zero-order valence-corrected chi connectivity index (χ0v) is 16.6. The molecule has 0 aliphatic heterocycles. The molecule has 0 saturated carbocycles. The molecule has 0 aliphatic rings. The number of carbonyl (C=O) groups excluding carboxylic acids is 1. The van der Waals surface area contributed by atoms with Crippen LogP contribution < -0.4 is 5.73 Å². The van der Waals surface area contributed by atoms with E-state index < -0.39 is 7.82 Å². The van der Waals surface area contributed by atoms with Crippen molar-refractivity contribution in [2.75, 3.05) is 26.4 Å². The second kappa shape index (κ2) is 10.5. The quantitative estimate of drug-likeness (QED) is 0.292. The lowest BCUT2D eigenvalue weighted by Crippen LogP contribution is -2.26. The van der Waals surface area contributed by atoms with Crippen LogP contribution in [-0.2, 0) is 23.1 Å². The lowest BCUT2D eigenvalue weighted by molar-refractivity contribution is -0.146. The standard InChI is InChI=1S/C16H34NO6P/c1-6-15(2,3)13-16(4,5)12-14(18)21-9-7-10-22-24(19,20)23-11-8-17/h6-13,17H2,1-5H3,(H,19,20). The van der Waals surface area contributed by atoms with Crippen molar-refractivity contribution in [3.8, 4) is 0 Å². The van der Waals surface area contributed by atoms with Crippen LogP contribution >= 0.6 is 7.82 Å². The smallest absolute Gasteiger partial charge is 0.466 e. The van der Waals surface area contributed by atoms with E-state index in [1.165, 1.54) is 0 Å². The SMILES string of the molecule is CCC(C)(C)CC(C)(C)CC(=O)OCCCOP(=O)(O)OCCN. The van der Waals surface area contributed by atoms with Crippen molar-refractivity contribution in [1.82, 2.24) is 0 Å². The number of phosphoric acid groups is 1. The third kappa shape index (κ3) is 12.0. The summed E-state index contributed by atoms with van der Waals surface area (Å²) in [6.07, 6.45) is 2.65. The fraction of sp³-hybridized carbons (Fsp3) is 0.938. The number of ether oxygens (including phenoxy) is 1. The van der Waals surface area contributed by atoms with Gasteiger partial charge in [-0.1, -0.05) is 41.0 Å². The highest BCUT2D eigenvalue weighted by Gasteiger charge is 2.30. The fourth-order valence-corrected chi connectivity index (χ4v) is 3.33. The highest BCUT2D eigenvalue weighted by atomic mass is 31.2. The summed E-state index contributed by atoms with van der Waals surface area (Å²) in [5.74, 6) is -0.265. The van der Waals surface area contributed by atoms with Crippen LogP contribution in [0, 0.1) is 10.8 Å². The average molecular weight is 367 g/mol. The molecule has 0 bridgehead atoms. The molecule has 0 heterocycles. The number of phosphoric ester groups is 1. The van der Waals surface area contributed by atoms with Crippen LogP contribution in [0.5, 0.6) is 0 Å². The minimum atomic E-state index is -4.05. The lowest BCUT2D eigenvalue weighted by atomic mass is 9.72. The van der Waals surface area contributed by atoms with E-state index in [0.717, 1.165) is 12.8 Å². The molecule has 0 fully saturated rings. The second-order valence-electron chi connectivity index (χ2n) is 7.53. The number of carbonyl (C=O) groups is 1. The molecule has 0 aliphatic carbocycles. The third-order valence-electron chi connectivity index (χ3n) is 3.72.